The van der Waals surface area contributed by atoms with Gasteiger partial charge in [0.1, 0.15) is 5.75 Å². The molecule has 1 saturated carbocycles. The Balaban J connectivity index is 1.98. The Morgan fingerprint density at radius 1 is 1.33 bits per heavy atom. The van der Waals surface area contributed by atoms with E-state index in [2.05, 4.69) is 10.1 Å². The van der Waals surface area contributed by atoms with Crippen LogP contribution in [0.15, 0.2) is 24.3 Å². The number of ether oxygens (including phenoxy) is 1. The van der Waals surface area contributed by atoms with Crippen LogP contribution in [0.25, 0.3) is 0 Å². The number of benzene rings is 1. The normalized spacial score (nSPS) is 17.9. The number of nitrogens with one attached hydrogen (secondary N) is 1. The lowest BCUT2D eigenvalue weighted by Gasteiger charge is -2.19. The van der Waals surface area contributed by atoms with Crippen molar-refractivity contribution in [3.05, 3.63) is 29.8 Å². The highest BCUT2D eigenvalue weighted by molar-refractivity contribution is 7.99. The molecule has 0 saturated heterocycles. The van der Waals surface area contributed by atoms with Gasteiger partial charge in [-0.15, -0.1) is 13.2 Å². The summed E-state index contributed by atoms with van der Waals surface area (Å²) in [6, 6.07) is 6.26. The van der Waals surface area contributed by atoms with Gasteiger partial charge >= 0.3 is 6.36 Å². The van der Waals surface area contributed by atoms with Crippen molar-refractivity contribution in [3.8, 4) is 5.75 Å². The van der Waals surface area contributed by atoms with Crippen LogP contribution in [-0.4, -0.2) is 24.4 Å². The Hall–Kier alpha value is -0.880. The molecule has 118 valence electrons. The lowest BCUT2D eigenvalue weighted by molar-refractivity contribution is -0.274. The van der Waals surface area contributed by atoms with Crippen molar-refractivity contribution >= 4 is 11.8 Å². The quantitative estimate of drug-likeness (QED) is 0.833. The first-order chi connectivity index (χ1) is 9.98. The SMILES string of the molecule is CNC(CSC1CCCC1)c1cccc(OC(F)(F)F)c1. The summed E-state index contributed by atoms with van der Waals surface area (Å²) >= 11 is 1.91. The average molecular weight is 319 g/mol. The van der Waals surface area contributed by atoms with Crippen LogP contribution in [0.4, 0.5) is 13.2 Å². The maximum atomic E-state index is 12.3. The van der Waals surface area contributed by atoms with Crippen LogP contribution in [0.1, 0.15) is 37.3 Å². The van der Waals surface area contributed by atoms with E-state index in [4.69, 9.17) is 0 Å². The number of rotatable bonds is 6. The molecule has 1 fully saturated rings. The van der Waals surface area contributed by atoms with Crippen LogP contribution in [-0.2, 0) is 0 Å². The van der Waals surface area contributed by atoms with E-state index in [1.165, 1.54) is 37.8 Å². The molecule has 1 N–H and O–H groups in total. The van der Waals surface area contributed by atoms with Crippen LogP contribution < -0.4 is 10.1 Å². The van der Waals surface area contributed by atoms with Crippen LogP contribution in [0.3, 0.4) is 0 Å². The van der Waals surface area contributed by atoms with Gasteiger partial charge in [0.05, 0.1) is 0 Å². The van der Waals surface area contributed by atoms with E-state index in [1.54, 1.807) is 6.07 Å². The molecule has 1 unspecified atom stereocenters. The molecule has 0 heterocycles. The maximum absolute atomic E-state index is 12.3. The molecule has 1 aromatic rings. The Morgan fingerprint density at radius 3 is 2.67 bits per heavy atom. The van der Waals surface area contributed by atoms with E-state index in [9.17, 15) is 13.2 Å². The Kier molecular flexibility index (Phi) is 5.81. The third-order valence-electron chi connectivity index (χ3n) is 3.64. The summed E-state index contributed by atoms with van der Waals surface area (Å²) in [5.74, 6) is 0.697. The van der Waals surface area contributed by atoms with Crippen molar-refractivity contribution in [1.82, 2.24) is 5.32 Å². The van der Waals surface area contributed by atoms with Gasteiger partial charge in [-0.05, 0) is 37.6 Å². The van der Waals surface area contributed by atoms with Gasteiger partial charge in [-0.1, -0.05) is 25.0 Å². The molecule has 1 atom stereocenters. The van der Waals surface area contributed by atoms with Crippen molar-refractivity contribution in [1.29, 1.82) is 0 Å². The first-order valence-electron chi connectivity index (χ1n) is 7.12. The largest absolute Gasteiger partial charge is 0.573 e. The minimum absolute atomic E-state index is 0.0346. The van der Waals surface area contributed by atoms with Crippen LogP contribution in [0.2, 0.25) is 0 Å². The van der Waals surface area contributed by atoms with E-state index in [1.807, 2.05) is 24.9 Å². The van der Waals surface area contributed by atoms with Gasteiger partial charge in [0.15, 0.2) is 0 Å². The summed E-state index contributed by atoms with van der Waals surface area (Å²) in [5, 5.41) is 3.86. The molecule has 0 radical (unpaired) electrons. The van der Waals surface area contributed by atoms with Crippen molar-refractivity contribution in [3.63, 3.8) is 0 Å². The second kappa shape index (κ2) is 7.40. The molecule has 0 amide bonds. The Labute approximate surface area is 127 Å². The number of hydrogen-bond donors (Lipinski definition) is 1. The van der Waals surface area contributed by atoms with Crippen molar-refractivity contribution < 1.29 is 17.9 Å². The summed E-state index contributed by atoms with van der Waals surface area (Å²) in [5.41, 5.74) is 0.824. The third-order valence-corrected chi connectivity index (χ3v) is 5.11. The molecule has 0 spiro atoms. The van der Waals surface area contributed by atoms with Crippen LogP contribution >= 0.6 is 11.8 Å². The van der Waals surface area contributed by atoms with Gasteiger partial charge in [0.2, 0.25) is 0 Å². The maximum Gasteiger partial charge on any atom is 0.573 e. The summed E-state index contributed by atoms with van der Waals surface area (Å²) in [7, 11) is 1.83. The highest BCUT2D eigenvalue weighted by atomic mass is 32.2. The zero-order valence-electron chi connectivity index (χ0n) is 12.0. The molecule has 1 aliphatic rings. The van der Waals surface area contributed by atoms with Crippen LogP contribution in [0.5, 0.6) is 5.75 Å². The monoisotopic (exact) mass is 319 g/mol. The summed E-state index contributed by atoms with van der Waals surface area (Å²) in [4.78, 5) is 0. The predicted molar refractivity (Wildman–Crippen MR) is 79.6 cm³/mol. The number of halogens is 3. The average Bonchev–Trinajstić information content (AvgIpc) is 2.91. The number of hydrogen-bond acceptors (Lipinski definition) is 3. The van der Waals surface area contributed by atoms with Gasteiger partial charge in [-0.25, -0.2) is 0 Å². The fraction of sp³-hybridized carbons (Fsp3) is 0.600. The fourth-order valence-corrected chi connectivity index (χ4v) is 4.05. The van der Waals surface area contributed by atoms with Crippen molar-refractivity contribution in [2.75, 3.05) is 12.8 Å². The Bertz CT molecular complexity index is 447. The molecule has 6 heteroatoms. The van der Waals surface area contributed by atoms with Gasteiger partial charge < -0.3 is 10.1 Å². The third kappa shape index (κ3) is 5.43. The smallest absolute Gasteiger partial charge is 0.406 e. The van der Waals surface area contributed by atoms with E-state index in [0.717, 1.165) is 11.3 Å². The van der Waals surface area contributed by atoms with Gasteiger partial charge in [-0.3, -0.25) is 0 Å². The lowest BCUT2D eigenvalue weighted by atomic mass is 10.1. The second-order valence-electron chi connectivity index (χ2n) is 5.20. The number of alkyl halides is 3. The molecule has 2 rings (SSSR count). The highest BCUT2D eigenvalue weighted by Gasteiger charge is 2.31. The minimum Gasteiger partial charge on any atom is -0.406 e. The lowest BCUT2D eigenvalue weighted by Crippen LogP contribution is -2.21. The van der Waals surface area contributed by atoms with E-state index < -0.39 is 6.36 Å². The Morgan fingerprint density at radius 2 is 2.05 bits per heavy atom. The minimum atomic E-state index is -4.65. The molecular formula is C15H20F3NOS. The molecule has 0 aromatic heterocycles. The molecule has 0 aliphatic heterocycles. The molecule has 1 aromatic carbocycles. The predicted octanol–water partition coefficient (Wildman–Crippen LogP) is 4.52. The summed E-state index contributed by atoms with van der Waals surface area (Å²) < 4.78 is 40.8. The molecular weight excluding hydrogens is 299 g/mol. The van der Waals surface area contributed by atoms with Crippen LogP contribution in [0, 0.1) is 0 Å². The highest BCUT2D eigenvalue weighted by Crippen LogP contribution is 2.33. The van der Waals surface area contributed by atoms with E-state index in [-0.39, 0.29) is 11.8 Å². The van der Waals surface area contributed by atoms with Gasteiger partial charge in [0.25, 0.3) is 0 Å². The first kappa shape index (κ1) is 16.5. The van der Waals surface area contributed by atoms with Crippen molar-refractivity contribution in [2.45, 2.75) is 43.3 Å². The molecule has 0 bridgehead atoms. The van der Waals surface area contributed by atoms with Gasteiger partial charge in [-0.2, -0.15) is 11.8 Å². The molecule has 2 nitrogen and oxygen atoms in total. The summed E-state index contributed by atoms with van der Waals surface area (Å²) in [6.07, 6.45) is 0.427. The summed E-state index contributed by atoms with van der Waals surface area (Å²) in [6.45, 7) is 0. The zero-order chi connectivity index (χ0) is 15.3. The number of thioether (sulfide) groups is 1. The molecule has 21 heavy (non-hydrogen) atoms. The van der Waals surface area contributed by atoms with E-state index >= 15 is 0 Å². The first-order valence-corrected chi connectivity index (χ1v) is 8.17. The topological polar surface area (TPSA) is 21.3 Å². The standard InChI is InChI=1S/C15H20F3NOS/c1-19-14(10-21-13-7-2-3-8-13)11-5-4-6-12(9-11)20-15(16,17)18/h4-6,9,13-14,19H,2-3,7-8,10H2,1H3. The molecule has 1 aliphatic carbocycles. The van der Waals surface area contributed by atoms with E-state index in [0.29, 0.717) is 5.25 Å². The zero-order valence-corrected chi connectivity index (χ0v) is 12.8. The fourth-order valence-electron chi connectivity index (χ4n) is 2.56. The van der Waals surface area contributed by atoms with Gasteiger partial charge in [0, 0.05) is 17.0 Å². The second-order valence-corrected chi connectivity index (χ2v) is 6.53. The van der Waals surface area contributed by atoms with Crippen molar-refractivity contribution in [2.24, 2.45) is 0 Å².